The van der Waals surface area contributed by atoms with Crippen LogP contribution >= 0.6 is 15.9 Å². The molecule has 0 aliphatic heterocycles. The fourth-order valence-corrected chi connectivity index (χ4v) is 1.78. The Bertz CT molecular complexity index is 659. The molecule has 0 fully saturated rings. The van der Waals surface area contributed by atoms with Gasteiger partial charge in [-0.1, -0.05) is 6.07 Å². The zero-order valence-electron chi connectivity index (χ0n) is 10.2. The van der Waals surface area contributed by atoms with Crippen LogP contribution in [0.1, 0.15) is 11.1 Å². The highest BCUT2D eigenvalue weighted by Crippen LogP contribution is 2.30. The summed E-state index contributed by atoms with van der Waals surface area (Å²) >= 11 is 2.85. The molecule has 0 radical (unpaired) electrons. The van der Waals surface area contributed by atoms with Gasteiger partial charge in [0.1, 0.15) is 17.0 Å². The van der Waals surface area contributed by atoms with Crippen LogP contribution in [0.5, 0.6) is 5.88 Å². The monoisotopic (exact) mass is 367 g/mol. The van der Waals surface area contributed by atoms with Crippen LogP contribution in [0.15, 0.2) is 34.9 Å². The highest BCUT2D eigenvalue weighted by Gasteiger charge is 2.31. The van der Waals surface area contributed by atoms with Crippen molar-refractivity contribution in [1.82, 2.24) is 4.98 Å². The van der Waals surface area contributed by atoms with E-state index in [0.717, 1.165) is 18.2 Å². The first-order valence-corrected chi connectivity index (χ1v) is 6.37. The maximum atomic E-state index is 13.6. The minimum atomic E-state index is -4.61. The Morgan fingerprint density at radius 2 is 1.76 bits per heavy atom. The number of pyridine rings is 1. The van der Waals surface area contributed by atoms with E-state index in [1.54, 1.807) is 0 Å². The Morgan fingerprint density at radius 1 is 1.05 bits per heavy atom. The maximum absolute atomic E-state index is 13.6. The molecule has 1 aromatic carbocycles. The molecule has 112 valence electrons. The molecule has 0 bridgehead atoms. The van der Waals surface area contributed by atoms with Gasteiger partial charge in [0.15, 0.2) is 5.82 Å². The Kier molecular flexibility index (Phi) is 4.46. The molecule has 0 atom stereocenters. The molecule has 0 saturated heterocycles. The van der Waals surface area contributed by atoms with Crippen LogP contribution in [-0.2, 0) is 12.8 Å². The van der Waals surface area contributed by atoms with Crippen molar-refractivity contribution in [2.45, 2.75) is 12.8 Å². The van der Waals surface area contributed by atoms with Gasteiger partial charge in [0, 0.05) is 11.6 Å². The number of hydrogen-bond acceptors (Lipinski definition) is 2. The van der Waals surface area contributed by atoms with E-state index in [9.17, 15) is 22.0 Å². The fourth-order valence-electron chi connectivity index (χ4n) is 1.47. The van der Waals surface area contributed by atoms with E-state index in [1.807, 2.05) is 0 Å². The first-order valence-electron chi connectivity index (χ1n) is 5.58. The number of alkyl halides is 3. The van der Waals surface area contributed by atoms with E-state index < -0.39 is 23.4 Å². The summed E-state index contributed by atoms with van der Waals surface area (Å²) in [7, 11) is 0. The fraction of sp³-hybridized carbons (Fsp3) is 0.154. The molecule has 2 aromatic rings. The van der Waals surface area contributed by atoms with Crippen molar-refractivity contribution in [1.29, 1.82) is 0 Å². The minimum absolute atomic E-state index is 0.0163. The minimum Gasteiger partial charge on any atom is -0.473 e. The molecule has 0 N–H and O–H groups in total. The summed E-state index contributed by atoms with van der Waals surface area (Å²) in [6, 6.07) is 4.46. The first-order chi connectivity index (χ1) is 9.77. The van der Waals surface area contributed by atoms with Crippen molar-refractivity contribution in [3.8, 4) is 5.88 Å². The van der Waals surface area contributed by atoms with E-state index in [4.69, 9.17) is 4.74 Å². The Hall–Kier alpha value is -1.70. The summed E-state index contributed by atoms with van der Waals surface area (Å²) in [6.07, 6.45) is -4.61. The lowest BCUT2D eigenvalue weighted by atomic mass is 10.1. The van der Waals surface area contributed by atoms with Crippen molar-refractivity contribution in [2.75, 3.05) is 0 Å². The van der Waals surface area contributed by atoms with Crippen LogP contribution in [-0.4, -0.2) is 4.98 Å². The number of rotatable bonds is 3. The average Bonchev–Trinajstić information content (AvgIpc) is 2.40. The van der Waals surface area contributed by atoms with Gasteiger partial charge >= 0.3 is 6.18 Å². The maximum Gasteiger partial charge on any atom is 0.416 e. The topological polar surface area (TPSA) is 22.1 Å². The van der Waals surface area contributed by atoms with Gasteiger partial charge in [0.05, 0.1) is 5.56 Å². The third-order valence-corrected chi connectivity index (χ3v) is 3.09. The smallest absolute Gasteiger partial charge is 0.416 e. The van der Waals surface area contributed by atoms with E-state index in [1.165, 1.54) is 6.07 Å². The van der Waals surface area contributed by atoms with E-state index in [0.29, 0.717) is 6.07 Å². The van der Waals surface area contributed by atoms with Gasteiger partial charge in [-0.15, -0.1) is 0 Å². The van der Waals surface area contributed by atoms with Gasteiger partial charge in [-0.3, -0.25) is 0 Å². The lowest BCUT2D eigenvalue weighted by Gasteiger charge is -2.10. The summed E-state index contributed by atoms with van der Waals surface area (Å²) in [5, 5.41) is 0. The number of nitrogens with zero attached hydrogens (tertiary/aromatic N) is 1. The van der Waals surface area contributed by atoms with E-state index >= 15 is 0 Å². The highest BCUT2D eigenvalue weighted by molar-refractivity contribution is 9.10. The standard InChI is InChI=1S/C13H7BrF5NO/c14-12-9(15)3-4-11(20-12)21-6-7-1-2-8(5-10(7)16)13(17,18)19/h1-5H,6H2. The number of halogens is 6. The molecule has 8 heteroatoms. The van der Waals surface area contributed by atoms with Crippen molar-refractivity contribution in [3.05, 3.63) is 57.7 Å². The molecule has 1 heterocycles. The van der Waals surface area contributed by atoms with Crippen LogP contribution in [0.4, 0.5) is 22.0 Å². The highest BCUT2D eigenvalue weighted by atomic mass is 79.9. The second kappa shape index (κ2) is 5.97. The molecular formula is C13H7BrF5NO. The Labute approximate surface area is 124 Å². The Morgan fingerprint density at radius 3 is 2.33 bits per heavy atom. The SMILES string of the molecule is Fc1cc(C(F)(F)F)ccc1COc1ccc(F)c(Br)n1. The molecule has 2 nitrogen and oxygen atoms in total. The molecular weight excluding hydrogens is 361 g/mol. The molecule has 0 unspecified atom stereocenters. The molecule has 0 saturated carbocycles. The van der Waals surface area contributed by atoms with E-state index in [-0.39, 0.29) is 22.7 Å². The zero-order valence-corrected chi connectivity index (χ0v) is 11.8. The number of aromatic nitrogens is 1. The van der Waals surface area contributed by atoms with Gasteiger partial charge < -0.3 is 4.74 Å². The quantitative estimate of drug-likeness (QED) is 0.578. The van der Waals surface area contributed by atoms with Crippen LogP contribution in [0, 0.1) is 11.6 Å². The van der Waals surface area contributed by atoms with Crippen molar-refractivity contribution in [3.63, 3.8) is 0 Å². The number of hydrogen-bond donors (Lipinski definition) is 0. The van der Waals surface area contributed by atoms with Crippen LogP contribution in [0.25, 0.3) is 0 Å². The van der Waals surface area contributed by atoms with Crippen molar-refractivity contribution < 1.29 is 26.7 Å². The number of benzene rings is 1. The zero-order chi connectivity index (χ0) is 15.6. The largest absolute Gasteiger partial charge is 0.473 e. The second-order valence-electron chi connectivity index (χ2n) is 4.01. The predicted molar refractivity (Wildman–Crippen MR) is 67.6 cm³/mol. The molecule has 0 spiro atoms. The van der Waals surface area contributed by atoms with Crippen molar-refractivity contribution >= 4 is 15.9 Å². The normalized spacial score (nSPS) is 11.5. The lowest BCUT2D eigenvalue weighted by molar-refractivity contribution is -0.137. The molecule has 21 heavy (non-hydrogen) atoms. The molecule has 0 aliphatic carbocycles. The summed E-state index contributed by atoms with van der Waals surface area (Å²) in [5.74, 6) is -1.61. The summed E-state index contributed by atoms with van der Waals surface area (Å²) in [5.41, 5.74) is -1.14. The molecule has 2 rings (SSSR count). The van der Waals surface area contributed by atoms with Gasteiger partial charge in [-0.25, -0.2) is 13.8 Å². The van der Waals surface area contributed by atoms with Gasteiger partial charge in [-0.2, -0.15) is 13.2 Å². The third kappa shape index (κ3) is 3.90. The third-order valence-electron chi connectivity index (χ3n) is 2.53. The Balaban J connectivity index is 2.11. The van der Waals surface area contributed by atoms with Gasteiger partial charge in [-0.05, 0) is 34.1 Å². The second-order valence-corrected chi connectivity index (χ2v) is 4.77. The van der Waals surface area contributed by atoms with Crippen LogP contribution in [0.3, 0.4) is 0 Å². The number of ether oxygens (including phenoxy) is 1. The molecule has 0 aliphatic rings. The van der Waals surface area contributed by atoms with Gasteiger partial charge in [0.25, 0.3) is 0 Å². The van der Waals surface area contributed by atoms with E-state index in [2.05, 4.69) is 20.9 Å². The van der Waals surface area contributed by atoms with Crippen LogP contribution < -0.4 is 4.74 Å². The summed E-state index contributed by atoms with van der Waals surface area (Å²) < 4.78 is 68.7. The average molecular weight is 368 g/mol. The molecule has 1 aromatic heterocycles. The lowest BCUT2D eigenvalue weighted by Crippen LogP contribution is -2.07. The summed E-state index contributed by atoms with van der Waals surface area (Å²) in [6.45, 7) is -0.324. The molecule has 0 amide bonds. The van der Waals surface area contributed by atoms with Crippen molar-refractivity contribution in [2.24, 2.45) is 0 Å². The van der Waals surface area contributed by atoms with Crippen LogP contribution in [0.2, 0.25) is 0 Å². The van der Waals surface area contributed by atoms with Gasteiger partial charge in [0.2, 0.25) is 5.88 Å². The predicted octanol–water partition coefficient (Wildman–Crippen LogP) is 4.72. The first kappa shape index (κ1) is 15.7. The summed E-state index contributed by atoms with van der Waals surface area (Å²) in [4.78, 5) is 3.69.